The molecule has 0 bridgehead atoms. The molecule has 1 N–H and O–H groups in total. The Hall–Kier alpha value is -2.43. The molecule has 0 spiro atoms. The molecule has 1 aromatic carbocycles. The average molecular weight is 404 g/mol. The summed E-state index contributed by atoms with van der Waals surface area (Å²) in [6, 6.07) is 4.96. The number of ether oxygens (including phenoxy) is 2. The first-order chi connectivity index (χ1) is 12.8. The maximum Gasteiger partial charge on any atom is 0.451 e. The Morgan fingerprint density at radius 2 is 1.85 bits per heavy atom. The number of rotatable bonds is 8. The molecule has 27 heavy (non-hydrogen) atoms. The molecule has 2 aromatic rings. The molecule has 148 valence electrons. The standard InChI is InChI=1S/C16H19F3N4O3S/c1-4-25-11-7-6-10(8-12(11)26-5-2)20-13(24)9-27-15-22-21-14(23(15)3)16(17,18)19/h6-8H,4-5,9H2,1-3H3,(H,20,24). The van der Waals surface area contributed by atoms with Gasteiger partial charge in [0.1, 0.15) is 0 Å². The zero-order valence-electron chi connectivity index (χ0n) is 15.0. The molecule has 1 aromatic heterocycles. The van der Waals surface area contributed by atoms with E-state index in [1.807, 2.05) is 13.8 Å². The second kappa shape index (κ2) is 8.98. The molecule has 2 rings (SSSR count). The summed E-state index contributed by atoms with van der Waals surface area (Å²) >= 11 is 0.858. The smallest absolute Gasteiger partial charge is 0.451 e. The van der Waals surface area contributed by atoms with Gasteiger partial charge < -0.3 is 19.4 Å². The number of nitrogens with one attached hydrogen (secondary N) is 1. The molecule has 1 amide bonds. The third-order valence-corrected chi connectivity index (χ3v) is 4.27. The lowest BCUT2D eigenvalue weighted by Gasteiger charge is -2.13. The van der Waals surface area contributed by atoms with Crippen LogP contribution in [0.5, 0.6) is 11.5 Å². The van der Waals surface area contributed by atoms with Gasteiger partial charge in [0.05, 0.1) is 19.0 Å². The van der Waals surface area contributed by atoms with E-state index in [2.05, 4.69) is 15.5 Å². The van der Waals surface area contributed by atoms with Crippen LogP contribution in [-0.2, 0) is 18.0 Å². The Kier molecular flexibility index (Phi) is 6.94. The Bertz CT molecular complexity index is 796. The van der Waals surface area contributed by atoms with Gasteiger partial charge in [-0.15, -0.1) is 10.2 Å². The highest BCUT2D eigenvalue weighted by atomic mass is 32.2. The van der Waals surface area contributed by atoms with E-state index >= 15 is 0 Å². The summed E-state index contributed by atoms with van der Waals surface area (Å²) in [6.45, 7) is 4.58. The lowest BCUT2D eigenvalue weighted by atomic mass is 10.2. The van der Waals surface area contributed by atoms with Crippen LogP contribution in [0.25, 0.3) is 0 Å². The third-order valence-electron chi connectivity index (χ3n) is 3.25. The van der Waals surface area contributed by atoms with Crippen LogP contribution in [0.3, 0.4) is 0 Å². The number of thioether (sulfide) groups is 1. The number of hydrogen-bond acceptors (Lipinski definition) is 6. The first-order valence-corrected chi connectivity index (χ1v) is 9.03. The second-order valence-electron chi connectivity index (χ2n) is 5.23. The van der Waals surface area contributed by atoms with Crippen molar-refractivity contribution in [2.45, 2.75) is 25.2 Å². The molecule has 0 radical (unpaired) electrons. The van der Waals surface area contributed by atoms with E-state index in [1.54, 1.807) is 18.2 Å². The summed E-state index contributed by atoms with van der Waals surface area (Å²) < 4.78 is 49.8. The Labute approximate surface area is 158 Å². The minimum atomic E-state index is -4.60. The largest absolute Gasteiger partial charge is 0.490 e. The van der Waals surface area contributed by atoms with Gasteiger partial charge in [0.25, 0.3) is 0 Å². The number of halogens is 3. The number of amides is 1. The summed E-state index contributed by atoms with van der Waals surface area (Å²) in [4.78, 5) is 12.1. The zero-order valence-corrected chi connectivity index (χ0v) is 15.8. The molecule has 0 aliphatic carbocycles. The second-order valence-corrected chi connectivity index (χ2v) is 6.17. The first-order valence-electron chi connectivity index (χ1n) is 8.05. The van der Waals surface area contributed by atoms with Crippen LogP contribution in [0.2, 0.25) is 0 Å². The van der Waals surface area contributed by atoms with E-state index in [9.17, 15) is 18.0 Å². The lowest BCUT2D eigenvalue weighted by Crippen LogP contribution is -2.15. The van der Waals surface area contributed by atoms with E-state index in [1.165, 1.54) is 7.05 Å². The molecule has 0 unspecified atom stereocenters. The van der Waals surface area contributed by atoms with E-state index in [4.69, 9.17) is 9.47 Å². The monoisotopic (exact) mass is 404 g/mol. The summed E-state index contributed by atoms with van der Waals surface area (Å²) in [5, 5.41) is 9.25. The van der Waals surface area contributed by atoms with Gasteiger partial charge in [0, 0.05) is 18.8 Å². The van der Waals surface area contributed by atoms with Crippen molar-refractivity contribution in [3.05, 3.63) is 24.0 Å². The van der Waals surface area contributed by atoms with Gasteiger partial charge in [-0.25, -0.2) is 0 Å². The third kappa shape index (κ3) is 5.52. The van der Waals surface area contributed by atoms with Crippen molar-refractivity contribution in [2.75, 3.05) is 24.3 Å². The Balaban J connectivity index is 2.00. The molecular weight excluding hydrogens is 385 g/mol. The molecular formula is C16H19F3N4O3S. The number of aromatic nitrogens is 3. The van der Waals surface area contributed by atoms with Gasteiger partial charge in [0.15, 0.2) is 16.7 Å². The van der Waals surface area contributed by atoms with E-state index in [0.717, 1.165) is 16.3 Å². The highest BCUT2D eigenvalue weighted by Crippen LogP contribution is 2.31. The normalized spacial score (nSPS) is 11.3. The van der Waals surface area contributed by atoms with E-state index in [-0.39, 0.29) is 10.9 Å². The number of alkyl halides is 3. The first kappa shape index (κ1) is 20.9. The van der Waals surface area contributed by atoms with Crippen LogP contribution in [0, 0.1) is 0 Å². The number of carbonyl (C=O) groups excluding carboxylic acids is 1. The average Bonchev–Trinajstić information content (AvgIpc) is 2.97. The fourth-order valence-electron chi connectivity index (χ4n) is 2.14. The number of hydrogen-bond donors (Lipinski definition) is 1. The Morgan fingerprint density at radius 3 is 2.44 bits per heavy atom. The van der Waals surface area contributed by atoms with Crippen LogP contribution in [0.1, 0.15) is 19.7 Å². The van der Waals surface area contributed by atoms with Crippen molar-refractivity contribution in [1.82, 2.24) is 14.8 Å². The van der Waals surface area contributed by atoms with Crippen molar-refractivity contribution in [1.29, 1.82) is 0 Å². The van der Waals surface area contributed by atoms with Crippen LogP contribution < -0.4 is 14.8 Å². The summed E-state index contributed by atoms with van der Waals surface area (Å²) in [6.07, 6.45) is -4.60. The quantitative estimate of drug-likeness (QED) is 0.680. The minimum Gasteiger partial charge on any atom is -0.490 e. The van der Waals surface area contributed by atoms with Gasteiger partial charge >= 0.3 is 6.18 Å². The topological polar surface area (TPSA) is 78.3 Å². The van der Waals surface area contributed by atoms with Crippen molar-refractivity contribution in [3.63, 3.8) is 0 Å². The summed E-state index contributed by atoms with van der Waals surface area (Å²) in [5.74, 6) is -0.582. The molecule has 0 saturated carbocycles. The highest BCUT2D eigenvalue weighted by Gasteiger charge is 2.37. The molecule has 0 aliphatic rings. The fraction of sp³-hybridized carbons (Fsp3) is 0.438. The predicted octanol–water partition coefficient (Wildman–Crippen LogP) is 3.36. The molecule has 0 saturated heterocycles. The fourth-order valence-corrected chi connectivity index (χ4v) is 2.85. The zero-order chi connectivity index (χ0) is 20.0. The summed E-state index contributed by atoms with van der Waals surface area (Å²) in [5.41, 5.74) is 0.487. The van der Waals surface area contributed by atoms with E-state index in [0.29, 0.717) is 30.4 Å². The van der Waals surface area contributed by atoms with Gasteiger partial charge in [-0.1, -0.05) is 11.8 Å². The molecule has 0 fully saturated rings. The van der Waals surface area contributed by atoms with Crippen molar-refractivity contribution in [3.8, 4) is 11.5 Å². The number of carbonyl (C=O) groups is 1. The van der Waals surface area contributed by atoms with Gasteiger partial charge in [-0.2, -0.15) is 13.2 Å². The van der Waals surface area contributed by atoms with Gasteiger partial charge in [-0.05, 0) is 26.0 Å². The van der Waals surface area contributed by atoms with Crippen molar-refractivity contribution < 1.29 is 27.4 Å². The van der Waals surface area contributed by atoms with Crippen LogP contribution in [0.4, 0.5) is 18.9 Å². The number of anilines is 1. The van der Waals surface area contributed by atoms with Gasteiger partial charge in [0.2, 0.25) is 11.7 Å². The molecule has 7 nitrogen and oxygen atoms in total. The predicted molar refractivity (Wildman–Crippen MR) is 94.1 cm³/mol. The number of benzene rings is 1. The maximum absolute atomic E-state index is 12.7. The molecule has 1 heterocycles. The summed E-state index contributed by atoms with van der Waals surface area (Å²) in [7, 11) is 1.20. The minimum absolute atomic E-state index is 0.000765. The molecule has 11 heteroatoms. The number of nitrogens with zero attached hydrogens (tertiary/aromatic N) is 3. The maximum atomic E-state index is 12.7. The Morgan fingerprint density at radius 1 is 1.19 bits per heavy atom. The van der Waals surface area contributed by atoms with Gasteiger partial charge in [-0.3, -0.25) is 4.79 Å². The van der Waals surface area contributed by atoms with Crippen LogP contribution in [0.15, 0.2) is 23.4 Å². The lowest BCUT2D eigenvalue weighted by molar-refractivity contribution is -0.147. The van der Waals surface area contributed by atoms with Crippen LogP contribution >= 0.6 is 11.8 Å². The highest BCUT2D eigenvalue weighted by molar-refractivity contribution is 7.99. The van der Waals surface area contributed by atoms with E-state index < -0.39 is 17.9 Å². The van der Waals surface area contributed by atoms with Crippen molar-refractivity contribution in [2.24, 2.45) is 7.05 Å². The molecule has 0 aliphatic heterocycles. The SMILES string of the molecule is CCOc1ccc(NC(=O)CSc2nnc(C(F)(F)F)n2C)cc1OCC. The van der Waals surface area contributed by atoms with Crippen LogP contribution in [-0.4, -0.2) is 39.6 Å². The van der Waals surface area contributed by atoms with Crippen molar-refractivity contribution >= 4 is 23.4 Å². The molecule has 0 atom stereocenters.